The van der Waals surface area contributed by atoms with E-state index < -0.39 is 0 Å². The SMILES string of the molecule is CCc1nccn1-c1ncnc(NC)c1C. The third kappa shape index (κ3) is 1.64. The Hall–Kier alpha value is -1.91. The standard InChI is InChI=1S/C11H15N5/c1-4-9-13-5-6-16(9)11-8(2)10(12-3)14-7-15-11/h5-7H,4H2,1-3H3,(H,12,14,15). The molecule has 0 fully saturated rings. The van der Waals surface area contributed by atoms with Gasteiger partial charge in [0.25, 0.3) is 0 Å². The fourth-order valence-corrected chi connectivity index (χ4v) is 1.72. The van der Waals surface area contributed by atoms with Gasteiger partial charge in [0.15, 0.2) is 0 Å². The Morgan fingerprint density at radius 1 is 1.31 bits per heavy atom. The average molecular weight is 217 g/mol. The van der Waals surface area contributed by atoms with Gasteiger partial charge in [-0.25, -0.2) is 15.0 Å². The minimum absolute atomic E-state index is 0.848. The summed E-state index contributed by atoms with van der Waals surface area (Å²) in [5.74, 6) is 2.73. The van der Waals surface area contributed by atoms with Crippen LogP contribution >= 0.6 is 0 Å². The summed E-state index contributed by atoms with van der Waals surface area (Å²) in [5, 5.41) is 3.05. The van der Waals surface area contributed by atoms with Gasteiger partial charge in [-0.15, -0.1) is 0 Å². The van der Waals surface area contributed by atoms with Gasteiger partial charge < -0.3 is 5.32 Å². The van der Waals surface area contributed by atoms with Gasteiger partial charge in [-0.3, -0.25) is 4.57 Å². The zero-order valence-corrected chi connectivity index (χ0v) is 9.73. The molecule has 0 aromatic carbocycles. The molecule has 2 rings (SSSR count). The summed E-state index contributed by atoms with van der Waals surface area (Å²) in [6, 6.07) is 0. The van der Waals surface area contributed by atoms with Gasteiger partial charge in [0.1, 0.15) is 23.8 Å². The predicted octanol–water partition coefficient (Wildman–Crippen LogP) is 1.57. The van der Waals surface area contributed by atoms with Gasteiger partial charge in [0.05, 0.1) is 0 Å². The van der Waals surface area contributed by atoms with E-state index in [0.29, 0.717) is 0 Å². The second kappa shape index (κ2) is 4.30. The first kappa shape index (κ1) is 10.6. The van der Waals surface area contributed by atoms with E-state index in [2.05, 4.69) is 27.2 Å². The number of hydrogen-bond acceptors (Lipinski definition) is 4. The molecule has 0 aliphatic carbocycles. The molecule has 2 aromatic rings. The first-order valence-corrected chi connectivity index (χ1v) is 5.29. The average Bonchev–Trinajstić information content (AvgIpc) is 2.77. The molecule has 1 N–H and O–H groups in total. The maximum atomic E-state index is 4.31. The Morgan fingerprint density at radius 2 is 2.12 bits per heavy atom. The molecule has 16 heavy (non-hydrogen) atoms. The lowest BCUT2D eigenvalue weighted by atomic mass is 10.3. The molecular weight excluding hydrogens is 202 g/mol. The topological polar surface area (TPSA) is 55.6 Å². The number of hydrogen-bond donors (Lipinski definition) is 1. The predicted molar refractivity (Wildman–Crippen MR) is 62.8 cm³/mol. The van der Waals surface area contributed by atoms with Crippen molar-refractivity contribution in [1.29, 1.82) is 0 Å². The van der Waals surface area contributed by atoms with Crippen LogP contribution in [-0.2, 0) is 6.42 Å². The first-order valence-electron chi connectivity index (χ1n) is 5.29. The molecule has 2 aromatic heterocycles. The zero-order valence-electron chi connectivity index (χ0n) is 9.73. The summed E-state index contributed by atoms with van der Waals surface area (Å²) in [4.78, 5) is 12.8. The van der Waals surface area contributed by atoms with E-state index in [0.717, 1.165) is 29.4 Å². The number of rotatable bonds is 3. The van der Waals surface area contributed by atoms with Gasteiger partial charge in [0.2, 0.25) is 0 Å². The summed E-state index contributed by atoms with van der Waals surface area (Å²) in [5.41, 5.74) is 1.03. The van der Waals surface area contributed by atoms with Crippen LogP contribution in [0.1, 0.15) is 18.3 Å². The Morgan fingerprint density at radius 3 is 2.81 bits per heavy atom. The van der Waals surface area contributed by atoms with Gasteiger partial charge in [-0.1, -0.05) is 6.92 Å². The largest absolute Gasteiger partial charge is 0.373 e. The summed E-state index contributed by atoms with van der Waals surface area (Å²) < 4.78 is 2.00. The maximum absolute atomic E-state index is 4.31. The molecule has 0 atom stereocenters. The fourth-order valence-electron chi connectivity index (χ4n) is 1.72. The smallest absolute Gasteiger partial charge is 0.146 e. The Kier molecular flexibility index (Phi) is 2.85. The molecule has 0 saturated heterocycles. The number of aryl methyl sites for hydroxylation is 1. The quantitative estimate of drug-likeness (QED) is 0.848. The van der Waals surface area contributed by atoms with Gasteiger partial charge >= 0.3 is 0 Å². The van der Waals surface area contributed by atoms with Crippen molar-refractivity contribution in [2.75, 3.05) is 12.4 Å². The molecule has 84 valence electrons. The normalized spacial score (nSPS) is 10.4. The van der Waals surface area contributed by atoms with Crippen molar-refractivity contribution in [2.24, 2.45) is 0 Å². The number of aromatic nitrogens is 4. The number of imidazole rings is 1. The lowest BCUT2D eigenvalue weighted by Gasteiger charge is -2.11. The minimum atomic E-state index is 0.848. The first-order chi connectivity index (χ1) is 7.77. The molecule has 0 unspecified atom stereocenters. The highest BCUT2D eigenvalue weighted by Crippen LogP contribution is 2.18. The third-order valence-corrected chi connectivity index (χ3v) is 2.56. The summed E-state index contributed by atoms with van der Waals surface area (Å²) in [7, 11) is 1.85. The van der Waals surface area contributed by atoms with Crippen molar-refractivity contribution in [1.82, 2.24) is 19.5 Å². The maximum Gasteiger partial charge on any atom is 0.146 e. The molecule has 0 saturated carbocycles. The number of anilines is 1. The van der Waals surface area contributed by atoms with Gasteiger partial charge in [0, 0.05) is 31.4 Å². The van der Waals surface area contributed by atoms with Crippen molar-refractivity contribution in [3.63, 3.8) is 0 Å². The number of nitrogens with one attached hydrogen (secondary N) is 1. The van der Waals surface area contributed by atoms with Crippen molar-refractivity contribution >= 4 is 5.82 Å². The monoisotopic (exact) mass is 217 g/mol. The van der Waals surface area contributed by atoms with Gasteiger partial charge in [-0.2, -0.15) is 0 Å². The molecular formula is C11H15N5. The van der Waals surface area contributed by atoms with Crippen LogP contribution < -0.4 is 5.32 Å². The lowest BCUT2D eigenvalue weighted by molar-refractivity contribution is 0.853. The summed E-state index contributed by atoms with van der Waals surface area (Å²) in [6.07, 6.45) is 6.16. The van der Waals surface area contributed by atoms with E-state index in [4.69, 9.17) is 0 Å². The van der Waals surface area contributed by atoms with Gasteiger partial charge in [-0.05, 0) is 6.92 Å². The molecule has 0 radical (unpaired) electrons. The van der Waals surface area contributed by atoms with Crippen LogP contribution in [-0.4, -0.2) is 26.6 Å². The molecule has 0 amide bonds. The van der Waals surface area contributed by atoms with Crippen molar-refractivity contribution < 1.29 is 0 Å². The molecule has 0 spiro atoms. The molecule has 0 bridgehead atoms. The van der Waals surface area contributed by atoms with Crippen LogP contribution in [0.2, 0.25) is 0 Å². The highest BCUT2D eigenvalue weighted by molar-refractivity contribution is 5.50. The van der Waals surface area contributed by atoms with Crippen LogP contribution in [0, 0.1) is 6.92 Å². The van der Waals surface area contributed by atoms with Crippen molar-refractivity contribution in [3.05, 3.63) is 30.1 Å². The van der Waals surface area contributed by atoms with E-state index in [1.165, 1.54) is 0 Å². The lowest BCUT2D eigenvalue weighted by Crippen LogP contribution is -2.07. The van der Waals surface area contributed by atoms with E-state index in [1.807, 2.05) is 24.7 Å². The molecule has 2 heterocycles. The highest BCUT2D eigenvalue weighted by Gasteiger charge is 2.10. The zero-order chi connectivity index (χ0) is 11.5. The van der Waals surface area contributed by atoms with Crippen LogP contribution in [0.5, 0.6) is 0 Å². The summed E-state index contributed by atoms with van der Waals surface area (Å²) >= 11 is 0. The van der Waals surface area contributed by atoms with Crippen LogP contribution in [0.4, 0.5) is 5.82 Å². The molecule has 5 nitrogen and oxygen atoms in total. The van der Waals surface area contributed by atoms with E-state index in [-0.39, 0.29) is 0 Å². The molecule has 0 aliphatic rings. The van der Waals surface area contributed by atoms with Crippen molar-refractivity contribution in [2.45, 2.75) is 20.3 Å². The Balaban J connectivity index is 2.56. The second-order valence-corrected chi connectivity index (χ2v) is 3.49. The number of nitrogens with zero attached hydrogens (tertiary/aromatic N) is 4. The fraction of sp³-hybridized carbons (Fsp3) is 0.364. The molecule has 5 heteroatoms. The Labute approximate surface area is 94.6 Å². The van der Waals surface area contributed by atoms with E-state index in [9.17, 15) is 0 Å². The Bertz CT molecular complexity index is 489. The summed E-state index contributed by atoms with van der Waals surface area (Å²) in [6.45, 7) is 4.08. The van der Waals surface area contributed by atoms with Crippen molar-refractivity contribution in [3.8, 4) is 5.82 Å². The van der Waals surface area contributed by atoms with Crippen LogP contribution in [0.25, 0.3) is 5.82 Å². The minimum Gasteiger partial charge on any atom is -0.373 e. The highest BCUT2D eigenvalue weighted by atomic mass is 15.1. The van der Waals surface area contributed by atoms with E-state index in [1.54, 1.807) is 12.5 Å². The second-order valence-electron chi connectivity index (χ2n) is 3.49. The third-order valence-electron chi connectivity index (χ3n) is 2.56. The van der Waals surface area contributed by atoms with Crippen LogP contribution in [0.3, 0.4) is 0 Å². The molecule has 0 aliphatic heterocycles. The van der Waals surface area contributed by atoms with E-state index >= 15 is 0 Å². The van der Waals surface area contributed by atoms with Crippen LogP contribution in [0.15, 0.2) is 18.7 Å².